The van der Waals surface area contributed by atoms with Crippen molar-refractivity contribution in [2.24, 2.45) is 0 Å². The summed E-state index contributed by atoms with van der Waals surface area (Å²) in [5, 5.41) is 19.3. The van der Waals surface area contributed by atoms with Gasteiger partial charge in [-0.05, 0) is 0 Å². The molecule has 0 saturated heterocycles. The number of aliphatic hydroxyl groups excluding tert-OH is 1. The van der Waals surface area contributed by atoms with Crippen LogP contribution in [0.25, 0.3) is 0 Å². The number of aliphatic hydroxyl groups is 1. The van der Waals surface area contributed by atoms with E-state index in [9.17, 15) is 10.1 Å². The molecule has 0 amide bonds. The summed E-state index contributed by atoms with van der Waals surface area (Å²) in [6, 6.07) is 2.71. The summed E-state index contributed by atoms with van der Waals surface area (Å²) in [6.45, 7) is -0.167. The summed E-state index contributed by atoms with van der Waals surface area (Å²) in [6.07, 6.45) is 0. The molecule has 4 nitrogen and oxygen atoms in total. The van der Waals surface area contributed by atoms with E-state index in [2.05, 4.69) is 31.9 Å². The summed E-state index contributed by atoms with van der Waals surface area (Å²) in [7, 11) is 0. The molecule has 1 aromatic carbocycles. The maximum atomic E-state index is 10.4. The molecule has 0 aliphatic carbocycles. The van der Waals surface area contributed by atoms with Gasteiger partial charge in [-0.15, -0.1) is 0 Å². The zero-order chi connectivity index (χ0) is 10.0. The van der Waals surface area contributed by atoms with Gasteiger partial charge in [-0.25, -0.2) is 0 Å². The first-order valence-electron chi connectivity index (χ1n) is 3.29. The summed E-state index contributed by atoms with van der Waals surface area (Å²) in [4.78, 5) is 9.92. The Morgan fingerprint density at radius 2 is 1.85 bits per heavy atom. The van der Waals surface area contributed by atoms with Gasteiger partial charge < -0.3 is 5.11 Å². The van der Waals surface area contributed by atoms with E-state index in [4.69, 9.17) is 5.11 Å². The molecule has 0 aliphatic rings. The minimum atomic E-state index is -0.489. The first kappa shape index (κ1) is 10.6. The van der Waals surface area contributed by atoms with Gasteiger partial charge in [0.1, 0.15) is 0 Å². The lowest BCUT2D eigenvalue weighted by atomic mass is 10.2. The zero-order valence-corrected chi connectivity index (χ0v) is 9.50. The lowest BCUT2D eigenvalue weighted by Crippen LogP contribution is -1.92. The van der Waals surface area contributed by atoms with Gasteiger partial charge in [-0.3, -0.25) is 10.1 Å². The SMILES string of the molecule is O=[N+]([O-])c1cc(Br)c(CO)c(Br)c1. The van der Waals surface area contributed by atoms with Crippen LogP contribution in [0.2, 0.25) is 0 Å². The Morgan fingerprint density at radius 1 is 1.38 bits per heavy atom. The number of benzene rings is 1. The van der Waals surface area contributed by atoms with Crippen molar-refractivity contribution >= 4 is 37.5 Å². The maximum absolute atomic E-state index is 10.4. The van der Waals surface area contributed by atoms with Crippen LogP contribution < -0.4 is 0 Å². The van der Waals surface area contributed by atoms with E-state index in [0.29, 0.717) is 14.5 Å². The molecule has 70 valence electrons. The molecule has 1 N–H and O–H groups in total. The fraction of sp³-hybridized carbons (Fsp3) is 0.143. The smallest absolute Gasteiger partial charge is 0.271 e. The van der Waals surface area contributed by atoms with Gasteiger partial charge in [0.15, 0.2) is 0 Å². The van der Waals surface area contributed by atoms with Crippen molar-refractivity contribution < 1.29 is 10.0 Å². The number of hydrogen-bond donors (Lipinski definition) is 1. The van der Waals surface area contributed by atoms with Crippen molar-refractivity contribution in [3.8, 4) is 0 Å². The average molecular weight is 311 g/mol. The van der Waals surface area contributed by atoms with E-state index in [0.717, 1.165) is 0 Å². The highest BCUT2D eigenvalue weighted by Crippen LogP contribution is 2.30. The Balaban J connectivity index is 3.28. The fourth-order valence-corrected chi connectivity index (χ4v) is 2.26. The lowest BCUT2D eigenvalue weighted by molar-refractivity contribution is -0.385. The number of non-ortho nitro benzene ring substituents is 1. The number of nitrogens with zero attached hydrogens (tertiary/aromatic N) is 1. The standard InChI is InChI=1S/C7H5Br2NO3/c8-6-1-4(10(12)13)2-7(9)5(6)3-11/h1-2,11H,3H2. The minimum absolute atomic E-state index is 0.0176. The van der Waals surface area contributed by atoms with E-state index in [1.54, 1.807) is 0 Å². The molecule has 1 rings (SSSR count). The third-order valence-electron chi connectivity index (χ3n) is 1.49. The van der Waals surface area contributed by atoms with E-state index < -0.39 is 4.92 Å². The molecule has 0 spiro atoms. The molecule has 1 aromatic rings. The maximum Gasteiger partial charge on any atom is 0.271 e. The van der Waals surface area contributed by atoms with Crippen molar-refractivity contribution in [2.45, 2.75) is 6.61 Å². The van der Waals surface area contributed by atoms with Gasteiger partial charge in [-0.2, -0.15) is 0 Å². The Labute approximate surface area is 91.0 Å². The molecule has 0 aromatic heterocycles. The van der Waals surface area contributed by atoms with Crippen LogP contribution in [0.15, 0.2) is 21.1 Å². The molecule has 0 radical (unpaired) electrons. The van der Waals surface area contributed by atoms with Crippen LogP contribution in [0.5, 0.6) is 0 Å². The normalized spacial score (nSPS) is 10.1. The van der Waals surface area contributed by atoms with E-state index >= 15 is 0 Å². The zero-order valence-electron chi connectivity index (χ0n) is 6.33. The summed E-state index contributed by atoms with van der Waals surface area (Å²) >= 11 is 6.26. The first-order chi connectivity index (χ1) is 6.06. The van der Waals surface area contributed by atoms with Gasteiger partial charge >= 0.3 is 0 Å². The first-order valence-corrected chi connectivity index (χ1v) is 4.88. The Hall–Kier alpha value is -0.460. The minimum Gasteiger partial charge on any atom is -0.392 e. The quantitative estimate of drug-likeness (QED) is 0.674. The monoisotopic (exact) mass is 309 g/mol. The van der Waals surface area contributed by atoms with Gasteiger partial charge in [0.2, 0.25) is 0 Å². The Kier molecular flexibility index (Phi) is 3.40. The molecule has 6 heteroatoms. The van der Waals surface area contributed by atoms with Crippen LogP contribution in [-0.2, 0) is 6.61 Å². The summed E-state index contributed by atoms with van der Waals surface area (Å²) in [5.41, 5.74) is 0.585. The molecule has 0 aliphatic heterocycles. The van der Waals surface area contributed by atoms with Gasteiger partial charge in [0.05, 0.1) is 11.5 Å². The summed E-state index contributed by atoms with van der Waals surface area (Å²) < 4.78 is 1.05. The molecule has 0 saturated carbocycles. The van der Waals surface area contributed by atoms with Crippen molar-refractivity contribution in [3.05, 3.63) is 36.8 Å². The van der Waals surface area contributed by atoms with Gasteiger partial charge in [0.25, 0.3) is 5.69 Å². The topological polar surface area (TPSA) is 63.4 Å². The third kappa shape index (κ3) is 2.26. The second-order valence-electron chi connectivity index (χ2n) is 2.30. The van der Waals surface area contributed by atoms with Crippen LogP contribution >= 0.6 is 31.9 Å². The van der Waals surface area contributed by atoms with E-state index in [-0.39, 0.29) is 12.3 Å². The van der Waals surface area contributed by atoms with Crippen molar-refractivity contribution in [2.75, 3.05) is 0 Å². The third-order valence-corrected chi connectivity index (χ3v) is 2.91. The van der Waals surface area contributed by atoms with Crippen molar-refractivity contribution in [1.29, 1.82) is 0 Å². The number of nitro benzene ring substituents is 1. The number of nitro groups is 1. The van der Waals surface area contributed by atoms with Crippen LogP contribution in [0.4, 0.5) is 5.69 Å². The van der Waals surface area contributed by atoms with Gasteiger partial charge in [-0.1, -0.05) is 31.9 Å². The molecule has 0 fully saturated rings. The average Bonchev–Trinajstić information content (AvgIpc) is 2.03. The number of rotatable bonds is 2. The predicted octanol–water partition coefficient (Wildman–Crippen LogP) is 2.61. The van der Waals surface area contributed by atoms with E-state index in [1.165, 1.54) is 12.1 Å². The highest BCUT2D eigenvalue weighted by Gasteiger charge is 2.12. The molecular formula is C7H5Br2NO3. The molecular weight excluding hydrogens is 306 g/mol. The second kappa shape index (κ2) is 4.17. The number of halogens is 2. The lowest BCUT2D eigenvalue weighted by Gasteiger charge is -2.03. The highest BCUT2D eigenvalue weighted by molar-refractivity contribution is 9.11. The van der Waals surface area contributed by atoms with Crippen molar-refractivity contribution in [3.63, 3.8) is 0 Å². The molecule has 0 unspecified atom stereocenters. The van der Waals surface area contributed by atoms with Crippen LogP contribution in [0, 0.1) is 10.1 Å². The van der Waals surface area contributed by atoms with Crippen LogP contribution in [-0.4, -0.2) is 10.0 Å². The fourth-order valence-electron chi connectivity index (χ4n) is 0.846. The van der Waals surface area contributed by atoms with Crippen molar-refractivity contribution in [1.82, 2.24) is 0 Å². The Morgan fingerprint density at radius 3 is 2.15 bits per heavy atom. The largest absolute Gasteiger partial charge is 0.392 e. The van der Waals surface area contributed by atoms with Crippen LogP contribution in [0.3, 0.4) is 0 Å². The molecule has 13 heavy (non-hydrogen) atoms. The predicted molar refractivity (Wildman–Crippen MR) is 54.4 cm³/mol. The van der Waals surface area contributed by atoms with Gasteiger partial charge in [0, 0.05) is 26.6 Å². The second-order valence-corrected chi connectivity index (χ2v) is 4.01. The van der Waals surface area contributed by atoms with E-state index in [1.807, 2.05) is 0 Å². The highest BCUT2D eigenvalue weighted by atomic mass is 79.9. The molecule has 0 heterocycles. The van der Waals surface area contributed by atoms with Crippen LogP contribution in [0.1, 0.15) is 5.56 Å². The number of hydrogen-bond acceptors (Lipinski definition) is 3. The molecule has 0 atom stereocenters. The Bertz CT molecular complexity index is 331. The summed E-state index contributed by atoms with van der Waals surface area (Å²) in [5.74, 6) is 0. The molecule has 0 bridgehead atoms.